The highest BCUT2D eigenvalue weighted by Gasteiger charge is 2.43. The van der Waals surface area contributed by atoms with E-state index in [4.69, 9.17) is 14.5 Å². The predicted octanol–water partition coefficient (Wildman–Crippen LogP) is 5.01. The summed E-state index contributed by atoms with van der Waals surface area (Å²) in [6.07, 6.45) is -0.723. The molecule has 2 aromatic carbocycles. The summed E-state index contributed by atoms with van der Waals surface area (Å²) in [5.74, 6) is -0.731. The summed E-state index contributed by atoms with van der Waals surface area (Å²) >= 11 is 3.46. The number of carbonyl (C=O) groups is 4. The maximum Gasteiger partial charge on any atom is 0.410 e. The molecule has 0 saturated carbocycles. The number of amides is 3. The van der Waals surface area contributed by atoms with Crippen molar-refractivity contribution < 1.29 is 28.7 Å². The van der Waals surface area contributed by atoms with Crippen molar-refractivity contribution >= 4 is 39.8 Å². The van der Waals surface area contributed by atoms with Gasteiger partial charge in [0.15, 0.2) is 0 Å². The van der Waals surface area contributed by atoms with Crippen molar-refractivity contribution in [2.75, 3.05) is 19.7 Å². The van der Waals surface area contributed by atoms with Crippen molar-refractivity contribution in [3.05, 3.63) is 75.5 Å². The van der Waals surface area contributed by atoms with Crippen LogP contribution in [0, 0.1) is 0 Å². The molecule has 1 aromatic heterocycles. The van der Waals surface area contributed by atoms with E-state index in [9.17, 15) is 19.2 Å². The van der Waals surface area contributed by atoms with Crippen LogP contribution in [0.25, 0.3) is 11.4 Å². The molecule has 0 N–H and O–H groups in total. The molecule has 214 valence electrons. The zero-order chi connectivity index (χ0) is 29.5. The smallest absolute Gasteiger partial charge is 0.410 e. The van der Waals surface area contributed by atoms with Crippen molar-refractivity contribution in [2.24, 2.45) is 0 Å². The van der Waals surface area contributed by atoms with Crippen LogP contribution in [-0.4, -0.2) is 68.5 Å². The van der Waals surface area contributed by atoms with Gasteiger partial charge in [0.2, 0.25) is 0 Å². The van der Waals surface area contributed by atoms with Gasteiger partial charge < -0.3 is 14.0 Å². The summed E-state index contributed by atoms with van der Waals surface area (Å²) in [7, 11) is 0. The Morgan fingerprint density at radius 2 is 1.63 bits per heavy atom. The molecular weight excluding hydrogens is 592 g/mol. The van der Waals surface area contributed by atoms with Crippen LogP contribution in [0.4, 0.5) is 4.79 Å². The number of ether oxygens (including phenoxy) is 2. The first-order chi connectivity index (χ1) is 19.5. The van der Waals surface area contributed by atoms with Gasteiger partial charge >= 0.3 is 12.1 Å². The van der Waals surface area contributed by atoms with E-state index in [2.05, 4.69) is 15.9 Å². The van der Waals surface area contributed by atoms with Crippen molar-refractivity contribution in [1.82, 2.24) is 19.4 Å². The molecule has 3 amide bonds. The summed E-state index contributed by atoms with van der Waals surface area (Å²) in [6.45, 7) is 7.73. The number of imide groups is 1. The van der Waals surface area contributed by atoms with Crippen molar-refractivity contribution in [2.45, 2.75) is 52.3 Å². The normalized spacial score (nSPS) is 16.5. The van der Waals surface area contributed by atoms with Crippen LogP contribution in [0.3, 0.4) is 0 Å². The third-order valence-corrected chi connectivity index (χ3v) is 7.45. The van der Waals surface area contributed by atoms with Crippen LogP contribution in [-0.2, 0) is 27.2 Å². The maximum atomic E-state index is 13.5. The minimum atomic E-state index is -0.818. The van der Waals surface area contributed by atoms with Gasteiger partial charge in [-0.15, -0.1) is 0 Å². The van der Waals surface area contributed by atoms with Crippen LogP contribution in [0.2, 0.25) is 0 Å². The lowest BCUT2D eigenvalue weighted by Crippen LogP contribution is -2.49. The third kappa shape index (κ3) is 5.63. The van der Waals surface area contributed by atoms with E-state index in [0.717, 1.165) is 14.9 Å². The number of aromatic nitrogens is 2. The Kier molecular flexibility index (Phi) is 7.74. The van der Waals surface area contributed by atoms with Gasteiger partial charge in [0.25, 0.3) is 11.8 Å². The Hall–Kier alpha value is -3.99. The number of esters is 1. The molecular formula is C30H31BrN4O6. The molecule has 0 bridgehead atoms. The molecule has 11 heteroatoms. The molecule has 3 heterocycles. The second-order valence-corrected chi connectivity index (χ2v) is 11.8. The molecule has 1 unspecified atom stereocenters. The SMILES string of the molecule is CCOC(=O)Cc1nc(-c2ccc(Br)cc2)n2c1C(CN1C(=O)c3ccccc3C1=O)N(C(=O)OC(C)(C)C)CC2. The maximum absolute atomic E-state index is 13.5. The Bertz CT molecular complexity index is 1490. The van der Waals surface area contributed by atoms with E-state index < -0.39 is 35.5 Å². The fourth-order valence-electron chi connectivity index (χ4n) is 5.23. The average molecular weight is 624 g/mol. The molecule has 0 saturated heterocycles. The molecule has 1 atom stereocenters. The highest BCUT2D eigenvalue weighted by molar-refractivity contribution is 9.10. The number of benzene rings is 2. The van der Waals surface area contributed by atoms with E-state index in [-0.39, 0.29) is 26.1 Å². The second-order valence-electron chi connectivity index (χ2n) is 10.9. The molecule has 10 nitrogen and oxygen atoms in total. The Morgan fingerprint density at radius 3 is 2.22 bits per heavy atom. The van der Waals surface area contributed by atoms with Gasteiger partial charge in [-0.25, -0.2) is 9.78 Å². The quantitative estimate of drug-likeness (QED) is 0.281. The van der Waals surface area contributed by atoms with Crippen LogP contribution in [0.1, 0.15) is 65.8 Å². The Morgan fingerprint density at radius 1 is 1.00 bits per heavy atom. The number of carbonyl (C=O) groups excluding carboxylic acids is 4. The topological polar surface area (TPSA) is 111 Å². The molecule has 41 heavy (non-hydrogen) atoms. The van der Waals surface area contributed by atoms with E-state index in [1.54, 1.807) is 52.0 Å². The molecule has 5 rings (SSSR count). The summed E-state index contributed by atoms with van der Waals surface area (Å²) in [5.41, 5.74) is 1.64. The zero-order valence-electron chi connectivity index (χ0n) is 23.3. The van der Waals surface area contributed by atoms with Crippen molar-refractivity contribution in [1.29, 1.82) is 0 Å². The summed E-state index contributed by atoms with van der Waals surface area (Å²) in [6, 6.07) is 13.4. The lowest BCUT2D eigenvalue weighted by molar-refractivity contribution is -0.142. The van der Waals surface area contributed by atoms with Crippen LogP contribution in [0.15, 0.2) is 53.0 Å². The van der Waals surface area contributed by atoms with E-state index in [0.29, 0.717) is 34.9 Å². The number of rotatable bonds is 6. The minimum absolute atomic E-state index is 0.132. The summed E-state index contributed by atoms with van der Waals surface area (Å²) < 4.78 is 13.8. The first-order valence-corrected chi connectivity index (χ1v) is 14.2. The van der Waals surface area contributed by atoms with Crippen LogP contribution < -0.4 is 0 Å². The van der Waals surface area contributed by atoms with Gasteiger partial charge in [-0.3, -0.25) is 24.2 Å². The molecule has 2 aliphatic heterocycles. The summed E-state index contributed by atoms with van der Waals surface area (Å²) in [5, 5.41) is 0. The zero-order valence-corrected chi connectivity index (χ0v) is 24.9. The van der Waals surface area contributed by atoms with Crippen molar-refractivity contribution in [3.63, 3.8) is 0 Å². The lowest BCUT2D eigenvalue weighted by Gasteiger charge is -2.39. The Balaban J connectivity index is 1.63. The van der Waals surface area contributed by atoms with Gasteiger partial charge in [-0.05, 0) is 52.0 Å². The fraction of sp³-hybridized carbons (Fsp3) is 0.367. The monoisotopic (exact) mass is 622 g/mol. The van der Waals surface area contributed by atoms with Crippen LogP contribution >= 0.6 is 15.9 Å². The highest BCUT2D eigenvalue weighted by atomic mass is 79.9. The number of fused-ring (bicyclic) bond motifs is 2. The largest absolute Gasteiger partial charge is 0.466 e. The standard InChI is InChI=1S/C30H31BrN4O6/c1-5-40-24(36)16-22-25-23(17-35-27(37)20-8-6-7-9-21(20)28(35)38)33(29(39)41-30(2,3)4)14-15-34(25)26(32-22)18-10-12-19(31)13-11-18/h6-13,23H,5,14-17H2,1-4H3. The van der Waals surface area contributed by atoms with Gasteiger partial charge in [-0.1, -0.05) is 40.2 Å². The van der Waals surface area contributed by atoms with Crippen molar-refractivity contribution in [3.8, 4) is 11.4 Å². The van der Waals surface area contributed by atoms with Gasteiger partial charge in [0, 0.05) is 23.1 Å². The molecule has 2 aliphatic rings. The van der Waals surface area contributed by atoms with Gasteiger partial charge in [0.1, 0.15) is 11.4 Å². The molecule has 0 spiro atoms. The number of imidazole rings is 1. The van der Waals surface area contributed by atoms with Crippen LogP contribution in [0.5, 0.6) is 0 Å². The van der Waals surface area contributed by atoms with E-state index in [1.807, 2.05) is 28.8 Å². The number of hydrogen-bond donors (Lipinski definition) is 0. The fourth-order valence-corrected chi connectivity index (χ4v) is 5.49. The average Bonchev–Trinajstić information content (AvgIpc) is 3.39. The third-order valence-electron chi connectivity index (χ3n) is 6.92. The highest BCUT2D eigenvalue weighted by Crippen LogP contribution is 2.37. The second kappa shape index (κ2) is 11.1. The van der Waals surface area contributed by atoms with E-state index in [1.165, 1.54) is 4.90 Å². The number of halogens is 1. The lowest BCUT2D eigenvalue weighted by atomic mass is 10.0. The van der Waals surface area contributed by atoms with Gasteiger partial charge in [-0.2, -0.15) is 0 Å². The number of nitrogens with zero attached hydrogens (tertiary/aromatic N) is 4. The van der Waals surface area contributed by atoms with Gasteiger partial charge in [0.05, 0.1) is 48.1 Å². The summed E-state index contributed by atoms with van der Waals surface area (Å²) in [4.78, 5) is 60.5. The molecule has 0 fully saturated rings. The Labute approximate surface area is 246 Å². The molecule has 3 aromatic rings. The predicted molar refractivity (Wildman–Crippen MR) is 153 cm³/mol. The van der Waals surface area contributed by atoms with E-state index >= 15 is 0 Å². The number of hydrogen-bond acceptors (Lipinski definition) is 7. The first kappa shape index (κ1) is 28.5. The molecule has 0 radical (unpaired) electrons. The molecule has 0 aliphatic carbocycles. The minimum Gasteiger partial charge on any atom is -0.466 e. The first-order valence-electron chi connectivity index (χ1n) is 13.4.